The first-order valence-corrected chi connectivity index (χ1v) is 9.09. The summed E-state index contributed by atoms with van der Waals surface area (Å²) in [5, 5.41) is 4.25. The number of nitrogens with one attached hydrogen (secondary N) is 1. The van der Waals surface area contributed by atoms with Gasteiger partial charge in [-0.05, 0) is 29.8 Å². The van der Waals surface area contributed by atoms with Crippen LogP contribution in [0.25, 0.3) is 10.9 Å². The Hall–Kier alpha value is -2.60. The summed E-state index contributed by atoms with van der Waals surface area (Å²) in [6, 6.07) is 13.0. The number of methoxy groups -OCH3 is 2. The molecule has 1 aromatic heterocycles. The Kier molecular flexibility index (Phi) is 5.73. The SMILES string of the molecule is COc1cc2nccc(Nc3ccc(CO[PH](=O)O)cc3)c2cc1OC. The fourth-order valence-electron chi connectivity index (χ4n) is 2.57. The molecule has 1 atom stereocenters. The zero-order valence-corrected chi connectivity index (χ0v) is 15.4. The van der Waals surface area contributed by atoms with Crippen molar-refractivity contribution in [2.45, 2.75) is 6.61 Å². The lowest BCUT2D eigenvalue weighted by Crippen LogP contribution is -1.96. The van der Waals surface area contributed by atoms with Crippen molar-refractivity contribution in [1.82, 2.24) is 4.98 Å². The molecular formula is C18H19N2O5P. The molecule has 1 heterocycles. The van der Waals surface area contributed by atoms with E-state index in [1.807, 2.05) is 42.5 Å². The van der Waals surface area contributed by atoms with Gasteiger partial charge in [0.2, 0.25) is 0 Å². The Labute approximate surface area is 151 Å². The first-order valence-electron chi connectivity index (χ1n) is 7.83. The monoisotopic (exact) mass is 374 g/mol. The maximum absolute atomic E-state index is 10.6. The molecule has 7 nitrogen and oxygen atoms in total. The van der Waals surface area contributed by atoms with E-state index < -0.39 is 8.25 Å². The normalized spacial score (nSPS) is 12.0. The molecule has 0 saturated heterocycles. The average Bonchev–Trinajstić information content (AvgIpc) is 2.66. The van der Waals surface area contributed by atoms with Crippen LogP contribution in [0.1, 0.15) is 5.56 Å². The van der Waals surface area contributed by atoms with Crippen molar-refractivity contribution in [3.63, 3.8) is 0 Å². The third-order valence-corrected chi connectivity index (χ3v) is 4.23. The topological polar surface area (TPSA) is 89.9 Å². The summed E-state index contributed by atoms with van der Waals surface area (Å²) >= 11 is 0. The second-order valence-electron chi connectivity index (χ2n) is 5.46. The second-order valence-corrected chi connectivity index (χ2v) is 6.28. The van der Waals surface area contributed by atoms with Crippen LogP contribution in [0.2, 0.25) is 0 Å². The lowest BCUT2D eigenvalue weighted by atomic mass is 10.1. The average molecular weight is 374 g/mol. The predicted molar refractivity (Wildman–Crippen MR) is 101 cm³/mol. The number of ether oxygens (including phenoxy) is 2. The smallest absolute Gasteiger partial charge is 0.316 e. The van der Waals surface area contributed by atoms with Crippen LogP contribution in [0.4, 0.5) is 11.4 Å². The maximum atomic E-state index is 10.6. The molecule has 0 fully saturated rings. The van der Waals surface area contributed by atoms with Crippen molar-refractivity contribution < 1.29 is 23.5 Å². The molecule has 0 radical (unpaired) electrons. The Morgan fingerprint density at radius 1 is 1.08 bits per heavy atom. The number of benzene rings is 2. The molecule has 3 rings (SSSR count). The van der Waals surface area contributed by atoms with Crippen molar-refractivity contribution in [2.24, 2.45) is 0 Å². The standard InChI is InChI=1S/C18H19N2O5P/c1-23-17-9-14-15(7-8-19-16(14)10-18(17)24-2)20-13-5-3-12(4-6-13)11-25-26(21)22/h3-10,26H,11H2,1-2H3,(H,19,20)(H,21,22). The molecule has 0 spiro atoms. The van der Waals surface area contributed by atoms with Gasteiger partial charge in [-0.2, -0.15) is 0 Å². The van der Waals surface area contributed by atoms with Gasteiger partial charge in [0.1, 0.15) is 0 Å². The summed E-state index contributed by atoms with van der Waals surface area (Å²) < 4.78 is 26.1. The quantitative estimate of drug-likeness (QED) is 0.606. The fourth-order valence-corrected chi connectivity index (χ4v) is 2.86. The van der Waals surface area contributed by atoms with Gasteiger partial charge in [-0.25, -0.2) is 0 Å². The molecule has 3 aromatic rings. The minimum atomic E-state index is -2.92. The highest BCUT2D eigenvalue weighted by molar-refractivity contribution is 7.32. The van der Waals surface area contributed by atoms with Crippen molar-refractivity contribution in [1.29, 1.82) is 0 Å². The van der Waals surface area contributed by atoms with Crippen molar-refractivity contribution in [3.05, 3.63) is 54.2 Å². The van der Waals surface area contributed by atoms with Crippen LogP contribution in [0.15, 0.2) is 48.7 Å². The second kappa shape index (κ2) is 8.19. The minimum absolute atomic E-state index is 0.101. The van der Waals surface area contributed by atoms with Crippen LogP contribution in [-0.2, 0) is 15.7 Å². The van der Waals surface area contributed by atoms with E-state index in [1.54, 1.807) is 20.4 Å². The highest BCUT2D eigenvalue weighted by Gasteiger charge is 2.10. The lowest BCUT2D eigenvalue weighted by Gasteiger charge is -2.13. The summed E-state index contributed by atoms with van der Waals surface area (Å²) in [5.74, 6) is 1.25. The zero-order chi connectivity index (χ0) is 18.5. The Balaban J connectivity index is 1.87. The van der Waals surface area contributed by atoms with Crippen LogP contribution in [0, 0.1) is 0 Å². The van der Waals surface area contributed by atoms with Crippen LogP contribution >= 0.6 is 8.25 Å². The number of aromatic nitrogens is 1. The molecule has 2 aromatic carbocycles. The van der Waals surface area contributed by atoms with Crippen molar-refractivity contribution >= 4 is 30.5 Å². The van der Waals surface area contributed by atoms with E-state index in [0.29, 0.717) is 11.5 Å². The number of nitrogens with zero attached hydrogens (tertiary/aromatic N) is 1. The summed E-state index contributed by atoms with van der Waals surface area (Å²) in [4.78, 5) is 13.1. The van der Waals surface area contributed by atoms with Gasteiger partial charge in [-0.3, -0.25) is 9.55 Å². The highest BCUT2D eigenvalue weighted by atomic mass is 31.1. The van der Waals surface area contributed by atoms with E-state index in [-0.39, 0.29) is 6.61 Å². The largest absolute Gasteiger partial charge is 0.493 e. The van der Waals surface area contributed by atoms with Gasteiger partial charge in [0.25, 0.3) is 0 Å². The molecule has 0 aliphatic heterocycles. The summed E-state index contributed by atoms with van der Waals surface area (Å²) in [7, 11) is 0.259. The van der Waals surface area contributed by atoms with E-state index in [0.717, 1.165) is 27.8 Å². The van der Waals surface area contributed by atoms with Crippen LogP contribution < -0.4 is 14.8 Å². The van der Waals surface area contributed by atoms with Gasteiger partial charge in [0.15, 0.2) is 11.5 Å². The van der Waals surface area contributed by atoms with Gasteiger partial charge in [-0.1, -0.05) is 12.1 Å². The molecule has 0 aliphatic carbocycles. The molecule has 26 heavy (non-hydrogen) atoms. The Bertz CT molecular complexity index is 931. The molecule has 0 bridgehead atoms. The van der Waals surface area contributed by atoms with Crippen LogP contribution in [0.5, 0.6) is 11.5 Å². The number of fused-ring (bicyclic) bond motifs is 1. The van der Waals surface area contributed by atoms with E-state index in [2.05, 4.69) is 10.3 Å². The fraction of sp³-hybridized carbons (Fsp3) is 0.167. The number of hydrogen-bond donors (Lipinski definition) is 2. The lowest BCUT2D eigenvalue weighted by molar-refractivity contribution is 0.272. The zero-order valence-electron chi connectivity index (χ0n) is 14.4. The van der Waals surface area contributed by atoms with E-state index in [4.69, 9.17) is 18.9 Å². The molecule has 136 valence electrons. The first-order chi connectivity index (χ1) is 12.6. The van der Waals surface area contributed by atoms with E-state index in [9.17, 15) is 4.57 Å². The minimum Gasteiger partial charge on any atom is -0.493 e. The molecule has 8 heteroatoms. The van der Waals surface area contributed by atoms with Crippen molar-refractivity contribution in [2.75, 3.05) is 19.5 Å². The molecule has 2 N–H and O–H groups in total. The summed E-state index contributed by atoms with van der Waals surface area (Å²) in [6.45, 7) is 0.101. The predicted octanol–water partition coefficient (Wildman–Crippen LogP) is 3.89. The number of anilines is 2. The Morgan fingerprint density at radius 2 is 1.77 bits per heavy atom. The number of rotatable bonds is 7. The third-order valence-electron chi connectivity index (χ3n) is 3.84. The highest BCUT2D eigenvalue weighted by Crippen LogP contribution is 2.35. The first kappa shape index (κ1) is 18.2. The molecule has 0 amide bonds. The summed E-state index contributed by atoms with van der Waals surface area (Å²) in [5.41, 5.74) is 3.34. The summed E-state index contributed by atoms with van der Waals surface area (Å²) in [6.07, 6.45) is 1.72. The van der Waals surface area contributed by atoms with Crippen LogP contribution in [0.3, 0.4) is 0 Å². The van der Waals surface area contributed by atoms with Gasteiger partial charge in [0.05, 0.1) is 26.3 Å². The van der Waals surface area contributed by atoms with Gasteiger partial charge < -0.3 is 24.2 Å². The van der Waals surface area contributed by atoms with Crippen molar-refractivity contribution in [3.8, 4) is 11.5 Å². The maximum Gasteiger partial charge on any atom is 0.316 e. The number of hydrogen-bond acceptors (Lipinski definition) is 6. The van der Waals surface area contributed by atoms with E-state index >= 15 is 0 Å². The van der Waals surface area contributed by atoms with Gasteiger partial charge in [-0.15, -0.1) is 0 Å². The number of pyridine rings is 1. The van der Waals surface area contributed by atoms with Gasteiger partial charge >= 0.3 is 8.25 Å². The molecule has 0 saturated carbocycles. The molecule has 1 unspecified atom stereocenters. The van der Waals surface area contributed by atoms with Gasteiger partial charge in [0, 0.05) is 29.0 Å². The molecule has 0 aliphatic rings. The molecular weight excluding hydrogens is 355 g/mol. The van der Waals surface area contributed by atoms with Crippen LogP contribution in [-0.4, -0.2) is 24.1 Å². The van der Waals surface area contributed by atoms with E-state index in [1.165, 1.54) is 0 Å². The Morgan fingerprint density at radius 3 is 2.42 bits per heavy atom. The third kappa shape index (κ3) is 4.14.